The third kappa shape index (κ3) is 6.39. The molecule has 0 radical (unpaired) electrons. The molecule has 1 saturated carbocycles. The molecule has 1 fully saturated rings. The van der Waals surface area contributed by atoms with Crippen molar-refractivity contribution in [1.82, 2.24) is 20.4 Å². The Kier molecular flexibility index (Phi) is 8.15. The van der Waals surface area contributed by atoms with E-state index >= 15 is 0 Å². The van der Waals surface area contributed by atoms with Crippen molar-refractivity contribution in [2.45, 2.75) is 58.7 Å². The first-order valence-corrected chi connectivity index (χ1v) is 9.99. The summed E-state index contributed by atoms with van der Waals surface area (Å²) in [5.41, 5.74) is -0.644. The van der Waals surface area contributed by atoms with E-state index in [2.05, 4.69) is 20.7 Å². The highest BCUT2D eigenvalue weighted by molar-refractivity contribution is 5.79. The fourth-order valence-electron chi connectivity index (χ4n) is 3.74. The van der Waals surface area contributed by atoms with Crippen LogP contribution in [-0.4, -0.2) is 42.0 Å². The third-order valence-electron chi connectivity index (χ3n) is 5.20. The number of hydrogen-bond donors (Lipinski definition) is 2. The van der Waals surface area contributed by atoms with Gasteiger partial charge in [0.2, 0.25) is 0 Å². The van der Waals surface area contributed by atoms with Gasteiger partial charge in [-0.15, -0.1) is 0 Å². The molecule has 0 unspecified atom stereocenters. The van der Waals surface area contributed by atoms with E-state index in [4.69, 9.17) is 4.74 Å². The van der Waals surface area contributed by atoms with Crippen molar-refractivity contribution in [3.8, 4) is 0 Å². The van der Waals surface area contributed by atoms with E-state index in [9.17, 15) is 13.2 Å². The highest BCUT2D eigenvalue weighted by Gasteiger charge is 2.37. The number of aryl methyl sites for hydroxylation is 1. The van der Waals surface area contributed by atoms with Crippen molar-refractivity contribution in [1.29, 1.82) is 0 Å². The molecule has 160 valence electrons. The van der Waals surface area contributed by atoms with Crippen LogP contribution in [0.15, 0.2) is 11.2 Å². The van der Waals surface area contributed by atoms with Gasteiger partial charge in [0.1, 0.15) is 0 Å². The molecule has 0 spiro atoms. The lowest BCUT2D eigenvalue weighted by molar-refractivity contribution is -0.142. The highest BCUT2D eigenvalue weighted by Crippen LogP contribution is 2.40. The molecular weight excluding hydrogens is 371 g/mol. The van der Waals surface area contributed by atoms with Gasteiger partial charge < -0.3 is 15.4 Å². The smallest absolute Gasteiger partial charge is 0.382 e. The minimum Gasteiger partial charge on any atom is -0.382 e. The average Bonchev–Trinajstić information content (AvgIpc) is 3.24. The van der Waals surface area contributed by atoms with Crippen molar-refractivity contribution < 1.29 is 17.9 Å². The van der Waals surface area contributed by atoms with Crippen molar-refractivity contribution in [2.24, 2.45) is 17.5 Å². The van der Waals surface area contributed by atoms with Crippen molar-refractivity contribution in [3.63, 3.8) is 0 Å². The zero-order valence-corrected chi connectivity index (χ0v) is 17.0. The number of nitrogens with zero attached hydrogens (tertiary/aromatic N) is 3. The molecule has 1 aromatic heterocycles. The summed E-state index contributed by atoms with van der Waals surface area (Å²) >= 11 is 0. The quantitative estimate of drug-likeness (QED) is 0.376. The summed E-state index contributed by atoms with van der Waals surface area (Å²) in [6.45, 7) is 6.66. The molecule has 0 saturated heterocycles. The predicted molar refractivity (Wildman–Crippen MR) is 103 cm³/mol. The van der Waals surface area contributed by atoms with Crippen LogP contribution >= 0.6 is 0 Å². The van der Waals surface area contributed by atoms with Gasteiger partial charge in [-0.25, -0.2) is 4.99 Å². The SMILES string of the molecule is CCNC(=NCc1cn(C)nc1C(F)(F)F)NCC1(CCOCC)CCCC1. The Bertz CT molecular complexity index is 636. The molecule has 0 atom stereocenters. The molecule has 1 aliphatic carbocycles. The molecular formula is C19H32F3N5O. The topological polar surface area (TPSA) is 63.5 Å². The zero-order valence-electron chi connectivity index (χ0n) is 17.0. The van der Waals surface area contributed by atoms with Crippen molar-refractivity contribution in [3.05, 3.63) is 17.5 Å². The Morgan fingerprint density at radius 2 is 2.00 bits per heavy atom. The summed E-state index contributed by atoms with van der Waals surface area (Å²) in [4.78, 5) is 4.37. The van der Waals surface area contributed by atoms with Crippen LogP contribution in [0.1, 0.15) is 57.2 Å². The molecule has 28 heavy (non-hydrogen) atoms. The van der Waals surface area contributed by atoms with Crippen molar-refractivity contribution in [2.75, 3.05) is 26.3 Å². The molecule has 9 heteroatoms. The number of rotatable bonds is 9. The van der Waals surface area contributed by atoms with Gasteiger partial charge in [-0.2, -0.15) is 18.3 Å². The van der Waals surface area contributed by atoms with Gasteiger partial charge in [0.25, 0.3) is 0 Å². The first-order valence-electron chi connectivity index (χ1n) is 9.99. The first kappa shape index (κ1) is 22.5. The van der Waals surface area contributed by atoms with Gasteiger partial charge in [-0.3, -0.25) is 4.68 Å². The van der Waals surface area contributed by atoms with E-state index in [-0.39, 0.29) is 17.5 Å². The summed E-state index contributed by atoms with van der Waals surface area (Å²) in [7, 11) is 1.48. The average molecular weight is 403 g/mol. The van der Waals surface area contributed by atoms with E-state index in [0.29, 0.717) is 19.1 Å². The Morgan fingerprint density at radius 3 is 2.61 bits per heavy atom. The van der Waals surface area contributed by atoms with Crippen LogP contribution in [-0.2, 0) is 24.5 Å². The van der Waals surface area contributed by atoms with Crippen LogP contribution in [0.4, 0.5) is 13.2 Å². The van der Waals surface area contributed by atoms with Crippen LogP contribution in [0.3, 0.4) is 0 Å². The number of alkyl halides is 3. The van der Waals surface area contributed by atoms with Crippen LogP contribution in [0, 0.1) is 5.41 Å². The lowest BCUT2D eigenvalue weighted by atomic mass is 9.83. The van der Waals surface area contributed by atoms with E-state index < -0.39 is 11.9 Å². The molecule has 0 bridgehead atoms. The molecule has 2 rings (SSSR count). The number of hydrogen-bond acceptors (Lipinski definition) is 3. The second kappa shape index (κ2) is 10.1. The summed E-state index contributed by atoms with van der Waals surface area (Å²) in [6, 6.07) is 0. The maximum Gasteiger partial charge on any atom is 0.435 e. The summed E-state index contributed by atoms with van der Waals surface area (Å²) in [5.74, 6) is 0.530. The standard InChI is InChI=1S/C19H32F3N5O/c1-4-23-17(24-12-15-13-27(3)26-16(15)19(20,21)22)25-14-18(8-6-7-9-18)10-11-28-5-2/h13H,4-12,14H2,1-3H3,(H2,23,24,25). The van der Waals surface area contributed by atoms with Gasteiger partial charge in [-0.1, -0.05) is 12.8 Å². The van der Waals surface area contributed by atoms with Gasteiger partial charge in [0, 0.05) is 45.1 Å². The minimum atomic E-state index is -4.48. The molecule has 1 aromatic rings. The van der Waals surface area contributed by atoms with Crippen LogP contribution in [0.2, 0.25) is 0 Å². The maximum atomic E-state index is 13.1. The van der Waals surface area contributed by atoms with Crippen molar-refractivity contribution >= 4 is 5.96 Å². The number of ether oxygens (including phenoxy) is 1. The van der Waals surface area contributed by atoms with E-state index in [1.165, 1.54) is 30.8 Å². The second-order valence-electron chi connectivity index (χ2n) is 7.38. The monoisotopic (exact) mass is 403 g/mol. The minimum absolute atomic E-state index is 0.0686. The molecule has 6 nitrogen and oxygen atoms in total. The predicted octanol–water partition coefficient (Wildman–Crippen LogP) is 3.48. The zero-order chi connectivity index (χ0) is 20.6. The largest absolute Gasteiger partial charge is 0.435 e. The number of aliphatic imine (C=N–C) groups is 1. The van der Waals surface area contributed by atoms with Gasteiger partial charge in [0.05, 0.1) is 6.54 Å². The Morgan fingerprint density at radius 1 is 1.29 bits per heavy atom. The lowest BCUT2D eigenvalue weighted by Gasteiger charge is -2.30. The van der Waals surface area contributed by atoms with Crippen LogP contribution in [0.25, 0.3) is 0 Å². The van der Waals surface area contributed by atoms with Crippen LogP contribution in [0.5, 0.6) is 0 Å². The molecule has 1 aliphatic rings. The number of nitrogens with one attached hydrogen (secondary N) is 2. The fraction of sp³-hybridized carbons (Fsp3) is 0.789. The molecule has 0 amide bonds. The van der Waals surface area contributed by atoms with Crippen LogP contribution < -0.4 is 10.6 Å². The fourth-order valence-corrected chi connectivity index (χ4v) is 3.74. The normalized spacial score (nSPS) is 17.1. The van der Waals surface area contributed by atoms with E-state index in [1.54, 1.807) is 0 Å². The Labute approximate surface area is 164 Å². The van der Waals surface area contributed by atoms with Gasteiger partial charge in [0.15, 0.2) is 11.7 Å². The number of aromatic nitrogens is 2. The Hall–Kier alpha value is -1.77. The third-order valence-corrected chi connectivity index (χ3v) is 5.20. The summed E-state index contributed by atoms with van der Waals surface area (Å²) in [5, 5.41) is 10.0. The summed E-state index contributed by atoms with van der Waals surface area (Å²) in [6.07, 6.45) is 2.54. The summed E-state index contributed by atoms with van der Waals surface area (Å²) < 4.78 is 46.1. The Balaban J connectivity index is 2.04. The second-order valence-corrected chi connectivity index (χ2v) is 7.38. The molecule has 0 aromatic carbocycles. The number of halogens is 3. The number of guanidine groups is 1. The lowest BCUT2D eigenvalue weighted by Crippen LogP contribution is -2.43. The van der Waals surface area contributed by atoms with E-state index in [0.717, 1.165) is 32.4 Å². The molecule has 2 N–H and O–H groups in total. The molecule has 1 heterocycles. The van der Waals surface area contributed by atoms with E-state index in [1.807, 2.05) is 13.8 Å². The maximum absolute atomic E-state index is 13.1. The first-order chi connectivity index (χ1) is 13.3. The molecule has 0 aliphatic heterocycles. The highest BCUT2D eigenvalue weighted by atomic mass is 19.4. The van der Waals surface area contributed by atoms with Gasteiger partial charge >= 0.3 is 6.18 Å². The van der Waals surface area contributed by atoms with Gasteiger partial charge in [-0.05, 0) is 38.5 Å².